The van der Waals surface area contributed by atoms with Crippen molar-refractivity contribution in [2.24, 2.45) is 5.73 Å². The summed E-state index contributed by atoms with van der Waals surface area (Å²) in [5.74, 6) is 0. The van der Waals surface area contributed by atoms with E-state index in [2.05, 4.69) is 41.0 Å². The lowest BCUT2D eigenvalue weighted by Gasteiger charge is -2.51. The zero-order valence-electron chi connectivity index (χ0n) is 12.3. The highest BCUT2D eigenvalue weighted by molar-refractivity contribution is 5.25. The van der Waals surface area contributed by atoms with Crippen molar-refractivity contribution in [3.8, 4) is 0 Å². The number of aryl methyl sites for hydroxylation is 1. The van der Waals surface area contributed by atoms with Crippen molar-refractivity contribution in [2.45, 2.75) is 19.0 Å². The molecule has 2 saturated heterocycles. The highest BCUT2D eigenvalue weighted by Crippen LogP contribution is 2.25. The first kappa shape index (κ1) is 14.0. The van der Waals surface area contributed by atoms with Crippen LogP contribution in [0.15, 0.2) is 24.3 Å². The van der Waals surface area contributed by atoms with E-state index < -0.39 is 0 Å². The third kappa shape index (κ3) is 2.61. The van der Waals surface area contributed by atoms with Crippen molar-refractivity contribution in [1.82, 2.24) is 9.80 Å². The minimum atomic E-state index is 0.134. The maximum Gasteiger partial charge on any atom is 0.0803 e. The van der Waals surface area contributed by atoms with Crippen LogP contribution in [0, 0.1) is 6.92 Å². The molecule has 0 amide bonds. The van der Waals surface area contributed by atoms with Gasteiger partial charge in [0.05, 0.1) is 18.8 Å². The molecule has 0 unspecified atom stereocenters. The van der Waals surface area contributed by atoms with E-state index in [1.807, 2.05) is 0 Å². The van der Waals surface area contributed by atoms with Crippen molar-refractivity contribution < 1.29 is 4.74 Å². The molecule has 1 aromatic rings. The predicted octanol–water partition coefficient (Wildman–Crippen LogP) is 0.840. The maximum absolute atomic E-state index is 5.94. The fraction of sp³-hybridized carbons (Fsp3) is 0.625. The van der Waals surface area contributed by atoms with Gasteiger partial charge in [0.15, 0.2) is 0 Å². The molecule has 0 aromatic heterocycles. The van der Waals surface area contributed by atoms with Crippen molar-refractivity contribution in [2.75, 3.05) is 45.9 Å². The molecule has 2 aliphatic heterocycles. The lowest BCUT2D eigenvalue weighted by atomic mass is 9.94. The maximum atomic E-state index is 5.94. The van der Waals surface area contributed by atoms with E-state index in [-0.39, 0.29) is 5.54 Å². The number of rotatable bonds is 4. The topological polar surface area (TPSA) is 41.7 Å². The summed E-state index contributed by atoms with van der Waals surface area (Å²) in [6.07, 6.45) is 0. The van der Waals surface area contributed by atoms with Crippen LogP contribution in [0.4, 0.5) is 0 Å². The first-order valence-electron chi connectivity index (χ1n) is 7.53. The fourth-order valence-electron chi connectivity index (χ4n) is 3.18. The van der Waals surface area contributed by atoms with Gasteiger partial charge in [0, 0.05) is 39.3 Å². The second-order valence-electron chi connectivity index (χ2n) is 6.11. The molecule has 0 bridgehead atoms. The van der Waals surface area contributed by atoms with Gasteiger partial charge in [-0.2, -0.15) is 0 Å². The average Bonchev–Trinajstić information content (AvgIpc) is 2.43. The van der Waals surface area contributed by atoms with Crippen LogP contribution in [0.5, 0.6) is 0 Å². The van der Waals surface area contributed by atoms with E-state index in [9.17, 15) is 0 Å². The Kier molecular flexibility index (Phi) is 4.08. The van der Waals surface area contributed by atoms with Gasteiger partial charge >= 0.3 is 0 Å². The first-order chi connectivity index (χ1) is 9.73. The van der Waals surface area contributed by atoms with Crippen molar-refractivity contribution in [3.63, 3.8) is 0 Å². The lowest BCUT2D eigenvalue weighted by Crippen LogP contribution is -2.69. The van der Waals surface area contributed by atoms with Gasteiger partial charge in [-0.05, 0) is 18.1 Å². The molecule has 20 heavy (non-hydrogen) atoms. The van der Waals surface area contributed by atoms with Crippen LogP contribution in [-0.4, -0.2) is 61.3 Å². The van der Waals surface area contributed by atoms with Crippen LogP contribution in [0.3, 0.4) is 0 Å². The molecule has 0 aliphatic carbocycles. The van der Waals surface area contributed by atoms with E-state index in [1.165, 1.54) is 11.1 Å². The Balaban J connectivity index is 1.55. The summed E-state index contributed by atoms with van der Waals surface area (Å²) in [5.41, 5.74) is 8.91. The highest BCUT2D eigenvalue weighted by Gasteiger charge is 2.43. The second kappa shape index (κ2) is 5.82. The standard InChI is InChI=1S/C16H25N3O/c1-14-4-2-3-5-15(14)10-18-6-8-19(9-7-18)16(11-17)12-20-13-16/h2-5H,6-13,17H2,1H3. The SMILES string of the molecule is Cc1ccccc1CN1CCN(C2(CN)COC2)CC1. The summed E-state index contributed by atoms with van der Waals surface area (Å²) in [6.45, 7) is 10.0. The Hall–Kier alpha value is -0.940. The van der Waals surface area contributed by atoms with Gasteiger partial charge in [-0.15, -0.1) is 0 Å². The van der Waals surface area contributed by atoms with Gasteiger partial charge in [0.25, 0.3) is 0 Å². The molecule has 0 spiro atoms. The Labute approximate surface area is 121 Å². The minimum Gasteiger partial charge on any atom is -0.377 e. The van der Waals surface area contributed by atoms with Crippen molar-refractivity contribution in [3.05, 3.63) is 35.4 Å². The van der Waals surface area contributed by atoms with E-state index >= 15 is 0 Å². The molecule has 0 radical (unpaired) electrons. The summed E-state index contributed by atoms with van der Waals surface area (Å²) >= 11 is 0. The van der Waals surface area contributed by atoms with Crippen LogP contribution in [0.25, 0.3) is 0 Å². The smallest absolute Gasteiger partial charge is 0.0803 e. The molecule has 0 atom stereocenters. The van der Waals surface area contributed by atoms with Crippen molar-refractivity contribution >= 4 is 0 Å². The number of nitrogens with zero attached hydrogens (tertiary/aromatic N) is 2. The summed E-state index contributed by atoms with van der Waals surface area (Å²) < 4.78 is 5.39. The summed E-state index contributed by atoms with van der Waals surface area (Å²) in [5, 5.41) is 0. The number of benzene rings is 1. The molecular formula is C16H25N3O. The molecule has 4 nitrogen and oxygen atoms in total. The molecule has 2 N–H and O–H groups in total. The zero-order valence-corrected chi connectivity index (χ0v) is 12.3. The molecule has 2 aliphatic rings. The predicted molar refractivity (Wildman–Crippen MR) is 80.6 cm³/mol. The molecule has 0 saturated carbocycles. The van der Waals surface area contributed by atoms with E-state index in [1.54, 1.807) is 0 Å². The quantitative estimate of drug-likeness (QED) is 0.884. The van der Waals surface area contributed by atoms with Crippen LogP contribution >= 0.6 is 0 Å². The highest BCUT2D eigenvalue weighted by atomic mass is 16.5. The Morgan fingerprint density at radius 2 is 1.85 bits per heavy atom. The average molecular weight is 275 g/mol. The Morgan fingerprint density at radius 3 is 2.40 bits per heavy atom. The second-order valence-corrected chi connectivity index (χ2v) is 6.11. The first-order valence-corrected chi connectivity index (χ1v) is 7.53. The number of ether oxygens (including phenoxy) is 1. The largest absolute Gasteiger partial charge is 0.377 e. The number of hydrogen-bond donors (Lipinski definition) is 1. The number of piperazine rings is 1. The van der Waals surface area contributed by atoms with Gasteiger partial charge in [-0.3, -0.25) is 9.80 Å². The summed E-state index contributed by atoms with van der Waals surface area (Å²) in [4.78, 5) is 5.08. The molecule has 3 rings (SSSR count). The lowest BCUT2D eigenvalue weighted by molar-refractivity contribution is -0.144. The fourth-order valence-corrected chi connectivity index (χ4v) is 3.18. The summed E-state index contributed by atoms with van der Waals surface area (Å²) in [7, 11) is 0. The third-order valence-electron chi connectivity index (χ3n) is 4.82. The van der Waals surface area contributed by atoms with Crippen molar-refractivity contribution in [1.29, 1.82) is 0 Å². The molecule has 4 heteroatoms. The summed E-state index contributed by atoms with van der Waals surface area (Å²) in [6, 6.07) is 8.68. The molecule has 2 heterocycles. The molecular weight excluding hydrogens is 250 g/mol. The van der Waals surface area contributed by atoms with Crippen LogP contribution in [-0.2, 0) is 11.3 Å². The number of nitrogens with two attached hydrogens (primary N) is 1. The number of hydrogen-bond acceptors (Lipinski definition) is 4. The minimum absolute atomic E-state index is 0.134. The Bertz CT molecular complexity index is 445. The zero-order chi connectivity index (χ0) is 14.0. The molecule has 110 valence electrons. The molecule has 1 aromatic carbocycles. The van der Waals surface area contributed by atoms with Crippen LogP contribution in [0.1, 0.15) is 11.1 Å². The van der Waals surface area contributed by atoms with Crippen LogP contribution < -0.4 is 5.73 Å². The van der Waals surface area contributed by atoms with E-state index in [4.69, 9.17) is 10.5 Å². The van der Waals surface area contributed by atoms with E-state index in [0.717, 1.165) is 45.9 Å². The van der Waals surface area contributed by atoms with Gasteiger partial charge in [0.2, 0.25) is 0 Å². The third-order valence-corrected chi connectivity index (χ3v) is 4.82. The van der Waals surface area contributed by atoms with Gasteiger partial charge in [-0.25, -0.2) is 0 Å². The van der Waals surface area contributed by atoms with E-state index in [0.29, 0.717) is 6.54 Å². The van der Waals surface area contributed by atoms with Gasteiger partial charge in [0.1, 0.15) is 0 Å². The van der Waals surface area contributed by atoms with Gasteiger partial charge in [-0.1, -0.05) is 24.3 Å². The monoisotopic (exact) mass is 275 g/mol. The van der Waals surface area contributed by atoms with Gasteiger partial charge < -0.3 is 10.5 Å². The Morgan fingerprint density at radius 1 is 1.15 bits per heavy atom. The van der Waals surface area contributed by atoms with Crippen LogP contribution in [0.2, 0.25) is 0 Å². The normalized spacial score (nSPS) is 23.5. The molecule has 2 fully saturated rings.